The van der Waals surface area contributed by atoms with E-state index in [0.29, 0.717) is 0 Å². The van der Waals surface area contributed by atoms with Crippen LogP contribution in [0, 0.1) is 0 Å². The van der Waals surface area contributed by atoms with E-state index in [1.54, 1.807) is 0 Å². The van der Waals surface area contributed by atoms with Crippen LogP contribution in [0.25, 0.3) is 0 Å². The van der Waals surface area contributed by atoms with Gasteiger partial charge in [-0.05, 0) is 7.05 Å². The van der Waals surface area contributed by atoms with Gasteiger partial charge in [-0.25, -0.2) is 9.80 Å². The molecule has 74 valence electrons. The molecule has 1 aliphatic heterocycles. The number of carbonyl (C=O) groups is 1. The number of hydrogen-bond acceptors (Lipinski definition) is 4. The van der Waals surface area contributed by atoms with Crippen molar-refractivity contribution in [1.82, 2.24) is 15.3 Å². The third-order valence-electron chi connectivity index (χ3n) is 1.99. The van der Waals surface area contributed by atoms with Gasteiger partial charge in [-0.1, -0.05) is 0 Å². The maximum absolute atomic E-state index is 10.1. The van der Waals surface area contributed by atoms with E-state index >= 15 is 0 Å². The molecule has 1 fully saturated rings. The number of rotatable bonds is 3. The van der Waals surface area contributed by atoms with Gasteiger partial charge in [0.1, 0.15) is 0 Å². The summed E-state index contributed by atoms with van der Waals surface area (Å²) in [5.41, 5.74) is 2.92. The number of carboxylic acids is 1. The van der Waals surface area contributed by atoms with Crippen molar-refractivity contribution in [1.29, 1.82) is 0 Å². The number of aliphatic carboxylic acids is 1. The SMILES string of the molecule is CN1CCN(N/C=C/C(=O)O)CC1. The Bertz CT molecular complexity index is 198. The standard InChI is InChI=1S/C8H15N3O2/c1-10-4-6-11(7-5-10)9-3-2-8(12)13/h2-3,9H,4-7H2,1H3,(H,12,13)/b3-2+. The van der Waals surface area contributed by atoms with Crippen LogP contribution in [0.15, 0.2) is 12.3 Å². The summed E-state index contributed by atoms with van der Waals surface area (Å²) in [7, 11) is 2.07. The Hall–Kier alpha value is -1.07. The maximum Gasteiger partial charge on any atom is 0.329 e. The Balaban J connectivity index is 2.19. The highest BCUT2D eigenvalue weighted by molar-refractivity contribution is 5.79. The molecule has 0 atom stereocenters. The molecule has 0 saturated carbocycles. The Morgan fingerprint density at radius 3 is 2.54 bits per heavy atom. The van der Waals surface area contributed by atoms with E-state index in [2.05, 4.69) is 17.4 Å². The zero-order valence-electron chi connectivity index (χ0n) is 7.73. The number of piperazine rings is 1. The minimum absolute atomic E-state index is 0.917. The lowest BCUT2D eigenvalue weighted by Gasteiger charge is -2.31. The van der Waals surface area contributed by atoms with E-state index in [0.717, 1.165) is 32.3 Å². The average Bonchev–Trinajstić information content (AvgIpc) is 2.08. The Morgan fingerprint density at radius 2 is 2.00 bits per heavy atom. The highest BCUT2D eigenvalue weighted by Gasteiger charge is 2.11. The molecule has 0 bridgehead atoms. The van der Waals surface area contributed by atoms with E-state index in [9.17, 15) is 4.79 Å². The fourth-order valence-electron chi connectivity index (χ4n) is 1.15. The molecule has 5 nitrogen and oxygen atoms in total. The van der Waals surface area contributed by atoms with Crippen molar-refractivity contribution in [3.63, 3.8) is 0 Å². The molecule has 1 saturated heterocycles. The van der Waals surface area contributed by atoms with Gasteiger partial charge in [-0.2, -0.15) is 0 Å². The molecular formula is C8H15N3O2. The second-order valence-electron chi connectivity index (χ2n) is 3.09. The molecule has 0 aromatic heterocycles. The molecular weight excluding hydrogens is 170 g/mol. The minimum atomic E-state index is -0.929. The molecule has 0 aromatic carbocycles. The topological polar surface area (TPSA) is 55.8 Å². The molecule has 1 aliphatic rings. The van der Waals surface area contributed by atoms with Crippen LogP contribution in [-0.2, 0) is 4.79 Å². The summed E-state index contributed by atoms with van der Waals surface area (Å²) in [6.45, 7) is 3.85. The number of carboxylic acid groups (broad SMARTS) is 1. The molecule has 1 heterocycles. The first-order chi connectivity index (χ1) is 6.18. The summed E-state index contributed by atoms with van der Waals surface area (Å²) >= 11 is 0. The number of nitrogens with zero attached hydrogens (tertiary/aromatic N) is 2. The lowest BCUT2D eigenvalue weighted by atomic mass is 10.4. The third kappa shape index (κ3) is 3.91. The quantitative estimate of drug-likeness (QED) is 0.571. The molecule has 0 unspecified atom stereocenters. The van der Waals surface area contributed by atoms with Crippen molar-refractivity contribution in [3.8, 4) is 0 Å². The van der Waals surface area contributed by atoms with Crippen LogP contribution < -0.4 is 5.43 Å². The third-order valence-corrected chi connectivity index (χ3v) is 1.99. The van der Waals surface area contributed by atoms with E-state index in [1.165, 1.54) is 6.20 Å². The van der Waals surface area contributed by atoms with Gasteiger partial charge in [0.15, 0.2) is 0 Å². The van der Waals surface area contributed by atoms with E-state index < -0.39 is 5.97 Å². The van der Waals surface area contributed by atoms with Gasteiger partial charge in [-0.15, -0.1) is 0 Å². The molecule has 0 spiro atoms. The summed E-state index contributed by atoms with van der Waals surface area (Å²) < 4.78 is 0. The fourth-order valence-corrected chi connectivity index (χ4v) is 1.15. The molecule has 1 rings (SSSR count). The highest BCUT2D eigenvalue weighted by atomic mass is 16.4. The van der Waals surface area contributed by atoms with Gasteiger partial charge in [0.25, 0.3) is 0 Å². The fraction of sp³-hybridized carbons (Fsp3) is 0.625. The maximum atomic E-state index is 10.1. The Morgan fingerprint density at radius 1 is 1.38 bits per heavy atom. The number of hydrogen-bond donors (Lipinski definition) is 2. The first kappa shape index (κ1) is 10.0. The van der Waals surface area contributed by atoms with Crippen molar-refractivity contribution in [2.45, 2.75) is 0 Å². The molecule has 0 amide bonds. The largest absolute Gasteiger partial charge is 0.478 e. The van der Waals surface area contributed by atoms with Gasteiger partial charge < -0.3 is 15.4 Å². The van der Waals surface area contributed by atoms with Gasteiger partial charge in [0.05, 0.1) is 0 Å². The van der Waals surface area contributed by atoms with Crippen LogP contribution in [0.5, 0.6) is 0 Å². The van der Waals surface area contributed by atoms with Crippen molar-refractivity contribution in [3.05, 3.63) is 12.3 Å². The van der Waals surface area contributed by atoms with Crippen molar-refractivity contribution >= 4 is 5.97 Å². The molecule has 0 radical (unpaired) electrons. The Labute approximate surface area is 77.6 Å². The lowest BCUT2D eigenvalue weighted by molar-refractivity contribution is -0.131. The Kier molecular flexibility index (Phi) is 3.72. The smallest absolute Gasteiger partial charge is 0.329 e. The van der Waals surface area contributed by atoms with Gasteiger partial charge >= 0.3 is 5.97 Å². The molecule has 13 heavy (non-hydrogen) atoms. The summed E-state index contributed by atoms with van der Waals surface area (Å²) in [4.78, 5) is 12.4. The van der Waals surface area contributed by atoms with E-state index in [-0.39, 0.29) is 0 Å². The molecule has 0 aromatic rings. The summed E-state index contributed by atoms with van der Waals surface area (Å²) in [5.74, 6) is -0.929. The van der Waals surface area contributed by atoms with Gasteiger partial charge in [0, 0.05) is 38.5 Å². The summed E-state index contributed by atoms with van der Waals surface area (Å²) in [5, 5.41) is 10.3. The van der Waals surface area contributed by atoms with Crippen LogP contribution in [0.2, 0.25) is 0 Å². The second-order valence-corrected chi connectivity index (χ2v) is 3.09. The molecule has 2 N–H and O–H groups in total. The highest BCUT2D eigenvalue weighted by Crippen LogP contribution is 1.94. The number of nitrogens with one attached hydrogen (secondary N) is 1. The van der Waals surface area contributed by atoms with Gasteiger partial charge in [-0.3, -0.25) is 0 Å². The van der Waals surface area contributed by atoms with Gasteiger partial charge in [0.2, 0.25) is 0 Å². The zero-order valence-corrected chi connectivity index (χ0v) is 7.73. The van der Waals surface area contributed by atoms with E-state index in [1.807, 2.05) is 5.01 Å². The normalized spacial score (nSPS) is 20.7. The average molecular weight is 185 g/mol. The first-order valence-electron chi connectivity index (χ1n) is 4.27. The van der Waals surface area contributed by atoms with Crippen molar-refractivity contribution in [2.75, 3.05) is 33.2 Å². The second kappa shape index (κ2) is 4.84. The van der Waals surface area contributed by atoms with Crippen molar-refractivity contribution < 1.29 is 9.90 Å². The number of likely N-dealkylation sites (N-methyl/N-ethyl adjacent to an activating group) is 1. The monoisotopic (exact) mass is 185 g/mol. The predicted octanol–water partition coefficient (Wildman–Crippen LogP) is -0.663. The van der Waals surface area contributed by atoms with Crippen LogP contribution in [0.1, 0.15) is 0 Å². The molecule has 0 aliphatic carbocycles. The predicted molar refractivity (Wildman–Crippen MR) is 49.0 cm³/mol. The number of hydrazine groups is 1. The summed E-state index contributed by atoms with van der Waals surface area (Å²) in [6.07, 6.45) is 2.55. The molecule has 5 heteroatoms. The van der Waals surface area contributed by atoms with Crippen LogP contribution in [0.4, 0.5) is 0 Å². The first-order valence-corrected chi connectivity index (χ1v) is 4.27. The van der Waals surface area contributed by atoms with E-state index in [4.69, 9.17) is 5.11 Å². The summed E-state index contributed by atoms with van der Waals surface area (Å²) in [6, 6.07) is 0. The van der Waals surface area contributed by atoms with Crippen LogP contribution in [-0.4, -0.2) is 54.2 Å². The van der Waals surface area contributed by atoms with Crippen LogP contribution in [0.3, 0.4) is 0 Å². The zero-order chi connectivity index (χ0) is 9.68. The van der Waals surface area contributed by atoms with Crippen molar-refractivity contribution in [2.24, 2.45) is 0 Å². The lowest BCUT2D eigenvalue weighted by Crippen LogP contribution is -2.49. The minimum Gasteiger partial charge on any atom is -0.478 e. The van der Waals surface area contributed by atoms with Crippen LogP contribution >= 0.6 is 0 Å².